The fraction of sp³-hybridized carbons (Fsp3) is 0.455. The van der Waals surface area contributed by atoms with Crippen molar-refractivity contribution in [2.24, 2.45) is 0 Å². The maximum Gasteiger partial charge on any atom is 0.126 e. The Morgan fingerprint density at radius 2 is 1.83 bits per heavy atom. The molecule has 1 rings (SSSR count). The number of benzene rings is 1. The van der Waals surface area contributed by atoms with Gasteiger partial charge < -0.3 is 0 Å². The molecule has 0 saturated carbocycles. The molecule has 0 aliphatic carbocycles. The number of hydrogen-bond donors (Lipinski definition) is 0. The highest BCUT2D eigenvalue weighted by molar-refractivity contribution is 5.32. The van der Waals surface area contributed by atoms with Crippen molar-refractivity contribution in [3.63, 3.8) is 0 Å². The van der Waals surface area contributed by atoms with Gasteiger partial charge in [0, 0.05) is 0 Å². The topological polar surface area (TPSA) is 0 Å². The van der Waals surface area contributed by atoms with E-state index in [0.717, 1.165) is 29.5 Å². The van der Waals surface area contributed by atoms with Gasteiger partial charge in [-0.15, -0.1) is 0 Å². The van der Waals surface area contributed by atoms with E-state index in [0.29, 0.717) is 0 Å². The maximum absolute atomic E-state index is 13.3. The van der Waals surface area contributed by atoms with Crippen molar-refractivity contribution in [1.29, 1.82) is 0 Å². The molecule has 1 aromatic rings. The first-order valence-electron chi connectivity index (χ1n) is 4.47. The molecule has 0 bridgehead atoms. The predicted molar refractivity (Wildman–Crippen MR) is 49.9 cm³/mol. The van der Waals surface area contributed by atoms with Gasteiger partial charge in [0.2, 0.25) is 0 Å². The molecule has 0 amide bonds. The molecule has 12 heavy (non-hydrogen) atoms. The van der Waals surface area contributed by atoms with Crippen LogP contribution >= 0.6 is 0 Å². The largest absolute Gasteiger partial charge is 0.207 e. The summed E-state index contributed by atoms with van der Waals surface area (Å²) in [5.41, 5.74) is 3.04. The highest BCUT2D eigenvalue weighted by atomic mass is 19.1. The van der Waals surface area contributed by atoms with Crippen LogP contribution < -0.4 is 0 Å². The van der Waals surface area contributed by atoms with Gasteiger partial charge in [-0.3, -0.25) is 0 Å². The van der Waals surface area contributed by atoms with E-state index in [1.807, 2.05) is 13.8 Å². The molecular weight excluding hydrogens is 151 g/mol. The molecule has 0 aromatic heterocycles. The summed E-state index contributed by atoms with van der Waals surface area (Å²) in [4.78, 5) is 0. The molecule has 66 valence electrons. The van der Waals surface area contributed by atoms with Crippen LogP contribution in [0.2, 0.25) is 0 Å². The standard InChI is InChI=1S/C11H15F/c1-4-9-6-8(3)7-11(12)10(9)5-2/h6-7H,4-5H2,1-3H3. The molecule has 0 spiro atoms. The van der Waals surface area contributed by atoms with E-state index < -0.39 is 0 Å². The lowest BCUT2D eigenvalue weighted by Gasteiger charge is -2.07. The van der Waals surface area contributed by atoms with Gasteiger partial charge in [-0.1, -0.05) is 19.9 Å². The number of rotatable bonds is 2. The summed E-state index contributed by atoms with van der Waals surface area (Å²) in [6.07, 6.45) is 1.71. The molecule has 0 N–H and O–H groups in total. The summed E-state index contributed by atoms with van der Waals surface area (Å²) in [6, 6.07) is 3.68. The Kier molecular flexibility index (Phi) is 2.85. The van der Waals surface area contributed by atoms with Gasteiger partial charge in [-0.05, 0) is 42.5 Å². The first-order valence-corrected chi connectivity index (χ1v) is 4.47. The zero-order chi connectivity index (χ0) is 9.14. The Morgan fingerprint density at radius 1 is 1.17 bits per heavy atom. The number of halogens is 1. The van der Waals surface area contributed by atoms with Gasteiger partial charge in [-0.25, -0.2) is 4.39 Å². The molecule has 0 saturated heterocycles. The molecular formula is C11H15F. The third-order valence-corrected chi connectivity index (χ3v) is 2.17. The SMILES string of the molecule is CCc1cc(C)cc(F)c1CC. The maximum atomic E-state index is 13.3. The Bertz CT molecular complexity index is 277. The molecule has 0 aliphatic heterocycles. The summed E-state index contributed by atoms with van der Waals surface area (Å²) in [6.45, 7) is 5.99. The average molecular weight is 166 g/mol. The highest BCUT2D eigenvalue weighted by Gasteiger charge is 2.05. The molecule has 0 nitrogen and oxygen atoms in total. The van der Waals surface area contributed by atoms with Crippen LogP contribution in [0.5, 0.6) is 0 Å². The van der Waals surface area contributed by atoms with E-state index in [1.165, 1.54) is 0 Å². The van der Waals surface area contributed by atoms with Crippen molar-refractivity contribution < 1.29 is 4.39 Å². The van der Waals surface area contributed by atoms with Crippen LogP contribution in [0.15, 0.2) is 12.1 Å². The molecule has 0 aliphatic rings. The Hall–Kier alpha value is -0.850. The zero-order valence-corrected chi connectivity index (χ0v) is 7.95. The van der Waals surface area contributed by atoms with Crippen LogP contribution in [0, 0.1) is 12.7 Å². The van der Waals surface area contributed by atoms with Crippen molar-refractivity contribution in [2.75, 3.05) is 0 Å². The van der Waals surface area contributed by atoms with Crippen molar-refractivity contribution in [2.45, 2.75) is 33.6 Å². The van der Waals surface area contributed by atoms with Crippen LogP contribution in [-0.4, -0.2) is 0 Å². The van der Waals surface area contributed by atoms with Crippen LogP contribution in [0.1, 0.15) is 30.5 Å². The zero-order valence-electron chi connectivity index (χ0n) is 7.95. The van der Waals surface area contributed by atoms with E-state index in [1.54, 1.807) is 6.07 Å². The smallest absolute Gasteiger partial charge is 0.126 e. The minimum atomic E-state index is -0.0469. The van der Waals surface area contributed by atoms with Crippen LogP contribution in [0.25, 0.3) is 0 Å². The van der Waals surface area contributed by atoms with E-state index in [9.17, 15) is 4.39 Å². The monoisotopic (exact) mass is 166 g/mol. The summed E-state index contributed by atoms with van der Waals surface area (Å²) in [7, 11) is 0. The van der Waals surface area contributed by atoms with E-state index >= 15 is 0 Å². The third kappa shape index (κ3) is 1.66. The fourth-order valence-corrected chi connectivity index (χ4v) is 1.56. The number of hydrogen-bond acceptors (Lipinski definition) is 0. The van der Waals surface area contributed by atoms with Crippen LogP contribution in [0.4, 0.5) is 4.39 Å². The lowest BCUT2D eigenvalue weighted by atomic mass is 10.00. The summed E-state index contributed by atoms with van der Waals surface area (Å²) in [5, 5.41) is 0. The van der Waals surface area contributed by atoms with Gasteiger partial charge in [0.25, 0.3) is 0 Å². The molecule has 0 radical (unpaired) electrons. The summed E-state index contributed by atoms with van der Waals surface area (Å²) in [5.74, 6) is -0.0469. The van der Waals surface area contributed by atoms with Crippen LogP contribution in [-0.2, 0) is 12.8 Å². The van der Waals surface area contributed by atoms with Gasteiger partial charge in [0.1, 0.15) is 5.82 Å². The molecule has 1 aromatic carbocycles. The molecule has 1 heteroatoms. The second-order valence-electron chi connectivity index (χ2n) is 3.09. The Labute approximate surface area is 73.4 Å². The average Bonchev–Trinajstić information content (AvgIpc) is 2.03. The Balaban J connectivity index is 3.24. The van der Waals surface area contributed by atoms with Gasteiger partial charge in [-0.2, -0.15) is 0 Å². The van der Waals surface area contributed by atoms with Crippen molar-refractivity contribution in [1.82, 2.24) is 0 Å². The first kappa shape index (κ1) is 9.24. The van der Waals surface area contributed by atoms with E-state index in [-0.39, 0.29) is 5.82 Å². The van der Waals surface area contributed by atoms with Crippen LogP contribution in [0.3, 0.4) is 0 Å². The fourth-order valence-electron chi connectivity index (χ4n) is 1.56. The second-order valence-corrected chi connectivity index (χ2v) is 3.09. The molecule has 0 atom stereocenters. The third-order valence-electron chi connectivity index (χ3n) is 2.17. The Morgan fingerprint density at radius 3 is 2.33 bits per heavy atom. The number of aryl methyl sites for hydroxylation is 2. The second kappa shape index (κ2) is 3.70. The minimum Gasteiger partial charge on any atom is -0.207 e. The van der Waals surface area contributed by atoms with Gasteiger partial charge in [0.05, 0.1) is 0 Å². The quantitative estimate of drug-likeness (QED) is 0.632. The molecule has 0 unspecified atom stereocenters. The summed E-state index contributed by atoms with van der Waals surface area (Å²) >= 11 is 0. The van der Waals surface area contributed by atoms with Gasteiger partial charge >= 0.3 is 0 Å². The lowest BCUT2D eigenvalue weighted by molar-refractivity contribution is 0.607. The molecule has 0 heterocycles. The van der Waals surface area contributed by atoms with Crippen molar-refractivity contribution >= 4 is 0 Å². The molecule has 0 fully saturated rings. The van der Waals surface area contributed by atoms with E-state index in [2.05, 4.69) is 13.0 Å². The minimum absolute atomic E-state index is 0.0469. The normalized spacial score (nSPS) is 10.3. The predicted octanol–water partition coefficient (Wildman–Crippen LogP) is 3.26. The lowest BCUT2D eigenvalue weighted by Crippen LogP contribution is -1.96. The highest BCUT2D eigenvalue weighted by Crippen LogP contribution is 2.17. The van der Waals surface area contributed by atoms with Gasteiger partial charge in [0.15, 0.2) is 0 Å². The van der Waals surface area contributed by atoms with Crippen molar-refractivity contribution in [3.05, 3.63) is 34.6 Å². The summed E-state index contributed by atoms with van der Waals surface area (Å²) < 4.78 is 13.3. The first-order chi connectivity index (χ1) is 5.69. The van der Waals surface area contributed by atoms with E-state index in [4.69, 9.17) is 0 Å². The van der Waals surface area contributed by atoms with Crippen molar-refractivity contribution in [3.8, 4) is 0 Å².